The average Bonchev–Trinajstić information content (AvgIpc) is 3.28. The lowest BCUT2D eigenvalue weighted by Crippen LogP contribution is -2.20. The van der Waals surface area contributed by atoms with Gasteiger partial charge in [0, 0.05) is 10.4 Å². The Kier molecular flexibility index (Phi) is 6.60. The minimum absolute atomic E-state index is 0.214. The monoisotopic (exact) mass is 491 g/mol. The van der Waals surface area contributed by atoms with Gasteiger partial charge >= 0.3 is 0 Å². The van der Waals surface area contributed by atoms with Crippen molar-refractivity contribution < 1.29 is 14.1 Å². The molecule has 0 saturated carbocycles. The minimum atomic E-state index is -0.539. The van der Waals surface area contributed by atoms with Gasteiger partial charge in [-0.1, -0.05) is 54.2 Å². The van der Waals surface area contributed by atoms with Crippen LogP contribution in [-0.2, 0) is 12.8 Å². The minimum Gasteiger partial charge on any atom is -0.365 e. The SMILES string of the molecule is CCC[C@H]1CCc2c(sc(NC(=O)c3c(-c4c(Cl)cccc4Cl)noc3C)c2C(N)=O)C1. The number of rotatable bonds is 6. The van der Waals surface area contributed by atoms with Crippen LogP contribution in [-0.4, -0.2) is 17.0 Å². The summed E-state index contributed by atoms with van der Waals surface area (Å²) in [6, 6.07) is 5.04. The molecule has 3 N–H and O–H groups in total. The molecule has 6 nitrogen and oxygen atoms in total. The van der Waals surface area contributed by atoms with E-state index in [-0.39, 0.29) is 11.3 Å². The zero-order chi connectivity index (χ0) is 23.0. The summed E-state index contributed by atoms with van der Waals surface area (Å²) in [4.78, 5) is 26.7. The molecule has 0 fully saturated rings. The molecule has 0 saturated heterocycles. The number of carbonyl (C=O) groups is 2. The maximum Gasteiger partial charge on any atom is 0.262 e. The van der Waals surface area contributed by atoms with E-state index in [0.29, 0.717) is 37.9 Å². The lowest BCUT2D eigenvalue weighted by molar-refractivity contribution is 0.1000. The van der Waals surface area contributed by atoms with Gasteiger partial charge in [0.25, 0.3) is 11.8 Å². The highest BCUT2D eigenvalue weighted by Gasteiger charge is 2.30. The molecule has 2 amide bonds. The highest BCUT2D eigenvalue weighted by atomic mass is 35.5. The number of nitrogens with zero attached hydrogens (tertiary/aromatic N) is 1. The van der Waals surface area contributed by atoms with Gasteiger partial charge in [-0.15, -0.1) is 11.3 Å². The quantitative estimate of drug-likeness (QED) is 0.424. The molecule has 2 heterocycles. The zero-order valence-corrected chi connectivity index (χ0v) is 20.1. The second kappa shape index (κ2) is 9.25. The van der Waals surface area contributed by atoms with Gasteiger partial charge in [-0.05, 0) is 49.8 Å². The molecule has 3 aromatic rings. The fourth-order valence-electron chi connectivity index (χ4n) is 4.36. The third kappa shape index (κ3) is 4.17. The first-order chi connectivity index (χ1) is 15.3. The van der Waals surface area contributed by atoms with Crippen molar-refractivity contribution in [2.24, 2.45) is 11.7 Å². The van der Waals surface area contributed by atoms with E-state index in [1.54, 1.807) is 25.1 Å². The molecule has 1 atom stereocenters. The van der Waals surface area contributed by atoms with Crippen molar-refractivity contribution in [1.29, 1.82) is 0 Å². The van der Waals surface area contributed by atoms with Crippen LogP contribution in [0.3, 0.4) is 0 Å². The van der Waals surface area contributed by atoms with Crippen LogP contribution < -0.4 is 11.1 Å². The average molecular weight is 492 g/mol. The molecule has 1 aromatic carbocycles. The van der Waals surface area contributed by atoms with Crippen LogP contribution in [0.25, 0.3) is 11.3 Å². The van der Waals surface area contributed by atoms with Gasteiger partial charge in [-0.25, -0.2) is 0 Å². The maximum absolute atomic E-state index is 13.3. The molecule has 0 bridgehead atoms. The predicted octanol–water partition coefficient (Wildman–Crippen LogP) is 6.27. The van der Waals surface area contributed by atoms with Gasteiger partial charge in [-0.3, -0.25) is 9.59 Å². The van der Waals surface area contributed by atoms with Crippen molar-refractivity contribution in [3.63, 3.8) is 0 Å². The largest absolute Gasteiger partial charge is 0.365 e. The Morgan fingerprint density at radius 1 is 1.28 bits per heavy atom. The molecule has 0 unspecified atom stereocenters. The van der Waals surface area contributed by atoms with Crippen LogP contribution in [0.1, 0.15) is 63.1 Å². The summed E-state index contributed by atoms with van der Waals surface area (Å²) < 4.78 is 5.30. The van der Waals surface area contributed by atoms with E-state index in [1.165, 1.54) is 11.3 Å². The Morgan fingerprint density at radius 2 is 2.00 bits per heavy atom. The van der Waals surface area contributed by atoms with Gasteiger partial charge in [0.15, 0.2) is 0 Å². The van der Waals surface area contributed by atoms with Crippen molar-refractivity contribution in [3.8, 4) is 11.3 Å². The van der Waals surface area contributed by atoms with E-state index < -0.39 is 11.8 Å². The Hall–Kier alpha value is -2.35. The first-order valence-electron chi connectivity index (χ1n) is 10.5. The predicted molar refractivity (Wildman–Crippen MR) is 128 cm³/mol. The number of carbonyl (C=O) groups excluding carboxylic acids is 2. The molecule has 0 radical (unpaired) electrons. The summed E-state index contributed by atoms with van der Waals surface area (Å²) in [7, 11) is 0. The summed E-state index contributed by atoms with van der Waals surface area (Å²) in [5.41, 5.74) is 7.96. The van der Waals surface area contributed by atoms with Gasteiger partial charge in [0.1, 0.15) is 22.0 Å². The fraction of sp³-hybridized carbons (Fsp3) is 0.348. The Morgan fingerprint density at radius 3 is 2.66 bits per heavy atom. The topological polar surface area (TPSA) is 98.2 Å². The van der Waals surface area contributed by atoms with Crippen LogP contribution in [0, 0.1) is 12.8 Å². The zero-order valence-electron chi connectivity index (χ0n) is 17.8. The van der Waals surface area contributed by atoms with Gasteiger partial charge in [-0.2, -0.15) is 0 Å². The molecule has 1 aliphatic rings. The summed E-state index contributed by atoms with van der Waals surface area (Å²) >= 11 is 14.1. The molecule has 2 aromatic heterocycles. The van der Waals surface area contributed by atoms with Crippen molar-refractivity contribution in [3.05, 3.63) is 55.6 Å². The molecule has 4 rings (SSSR count). The highest BCUT2D eigenvalue weighted by molar-refractivity contribution is 7.17. The summed E-state index contributed by atoms with van der Waals surface area (Å²) in [5.74, 6) is -0.0905. The number of aryl methyl sites for hydroxylation is 1. The first kappa shape index (κ1) is 22.8. The maximum atomic E-state index is 13.3. The fourth-order valence-corrected chi connectivity index (χ4v) is 6.30. The van der Waals surface area contributed by atoms with Crippen molar-refractivity contribution >= 4 is 51.4 Å². The van der Waals surface area contributed by atoms with E-state index in [4.69, 9.17) is 33.5 Å². The molecule has 32 heavy (non-hydrogen) atoms. The Bertz CT molecular complexity index is 1180. The molecular formula is C23H23Cl2N3O3S. The second-order valence-corrected chi connectivity index (χ2v) is 9.90. The Labute approximate surface area is 200 Å². The van der Waals surface area contributed by atoms with Crippen LogP contribution in [0.4, 0.5) is 5.00 Å². The lowest BCUT2D eigenvalue weighted by Gasteiger charge is -2.21. The number of fused-ring (bicyclic) bond motifs is 1. The van der Waals surface area contributed by atoms with Crippen LogP contribution in [0.2, 0.25) is 10.0 Å². The number of nitrogens with two attached hydrogens (primary N) is 1. The third-order valence-electron chi connectivity index (χ3n) is 5.83. The smallest absolute Gasteiger partial charge is 0.262 e. The van der Waals surface area contributed by atoms with Crippen LogP contribution in [0.15, 0.2) is 22.7 Å². The van der Waals surface area contributed by atoms with Crippen molar-refractivity contribution in [2.45, 2.75) is 46.0 Å². The second-order valence-electron chi connectivity index (χ2n) is 7.98. The molecule has 0 aliphatic heterocycles. The number of benzene rings is 1. The number of nitrogens with one attached hydrogen (secondary N) is 1. The molecular weight excluding hydrogens is 469 g/mol. The van der Waals surface area contributed by atoms with Crippen molar-refractivity contribution in [1.82, 2.24) is 5.16 Å². The van der Waals surface area contributed by atoms with E-state index in [9.17, 15) is 9.59 Å². The number of amides is 2. The molecule has 1 aliphatic carbocycles. The van der Waals surface area contributed by atoms with E-state index in [1.807, 2.05) is 0 Å². The van der Waals surface area contributed by atoms with Gasteiger partial charge in [0.05, 0.1) is 15.6 Å². The van der Waals surface area contributed by atoms with E-state index in [0.717, 1.165) is 42.5 Å². The van der Waals surface area contributed by atoms with Crippen molar-refractivity contribution in [2.75, 3.05) is 5.32 Å². The third-order valence-corrected chi connectivity index (χ3v) is 7.63. The van der Waals surface area contributed by atoms with Gasteiger partial charge < -0.3 is 15.6 Å². The van der Waals surface area contributed by atoms with Gasteiger partial charge in [0.2, 0.25) is 0 Å². The molecule has 168 valence electrons. The summed E-state index contributed by atoms with van der Waals surface area (Å²) in [6.45, 7) is 3.81. The number of primary amides is 1. The number of thiophene rings is 1. The summed E-state index contributed by atoms with van der Waals surface area (Å²) in [6.07, 6.45) is 4.98. The first-order valence-corrected chi connectivity index (χ1v) is 12.0. The highest BCUT2D eigenvalue weighted by Crippen LogP contribution is 2.42. The van der Waals surface area contributed by atoms with E-state index in [2.05, 4.69) is 17.4 Å². The van der Waals surface area contributed by atoms with Crippen LogP contribution in [0.5, 0.6) is 0 Å². The number of halogens is 2. The van der Waals surface area contributed by atoms with E-state index >= 15 is 0 Å². The number of anilines is 1. The lowest BCUT2D eigenvalue weighted by atomic mass is 9.84. The number of hydrogen-bond donors (Lipinski definition) is 2. The number of aromatic nitrogens is 1. The normalized spacial score (nSPS) is 15.4. The standard InChI is InChI=1S/C23H23Cl2N3O3S/c1-3-5-12-8-9-13-16(10-12)32-23(18(13)21(26)29)27-22(30)17-11(2)31-28-20(17)19-14(24)6-4-7-15(19)25/h4,6-7,12H,3,5,8-10H2,1-2H3,(H2,26,29)(H,27,30)/t12-/m0/s1. The number of hydrogen-bond acceptors (Lipinski definition) is 5. The summed E-state index contributed by atoms with van der Waals surface area (Å²) in [5, 5.41) is 8.08. The molecule has 9 heteroatoms. The Balaban J connectivity index is 1.71. The molecule has 0 spiro atoms. The van der Waals surface area contributed by atoms with Crippen LogP contribution >= 0.6 is 34.5 Å².